The molecule has 0 radical (unpaired) electrons. The molecule has 0 aliphatic heterocycles. The zero-order valence-electron chi connectivity index (χ0n) is 25.0. The van der Waals surface area contributed by atoms with Crippen LogP contribution in [0.5, 0.6) is 0 Å². The number of rotatable bonds is 2. The normalized spacial score (nSPS) is 38.4. The summed E-state index contributed by atoms with van der Waals surface area (Å²) >= 11 is 0. The molecule has 210 valence electrons. The lowest BCUT2D eigenvalue weighted by Crippen LogP contribution is -2.51. The van der Waals surface area contributed by atoms with Crippen molar-refractivity contribution >= 4 is 6.08 Å². The molecule has 1 aromatic heterocycles. The van der Waals surface area contributed by atoms with E-state index in [2.05, 4.69) is 46.3 Å². The molecule has 9 atom stereocenters. The van der Waals surface area contributed by atoms with Crippen molar-refractivity contribution in [2.24, 2.45) is 52.8 Å². The van der Waals surface area contributed by atoms with Gasteiger partial charge in [-0.1, -0.05) is 81.9 Å². The summed E-state index contributed by atoms with van der Waals surface area (Å²) in [4.78, 5) is 0. The second-order valence-electron chi connectivity index (χ2n) is 12.3. The van der Waals surface area contributed by atoms with Gasteiger partial charge in [0.1, 0.15) is 0 Å². The largest absolute Gasteiger partial charge is 0.272 e. The molecule has 0 spiro atoms. The number of aryl methyl sites for hydroxylation is 1. The lowest BCUT2D eigenvalue weighted by molar-refractivity contribution is -0.104. The predicted octanol–water partition coefficient (Wildman–Crippen LogP) is 10.8. The van der Waals surface area contributed by atoms with Crippen LogP contribution >= 0.6 is 0 Å². The lowest BCUT2D eigenvalue weighted by Gasteiger charge is -2.60. The minimum Gasteiger partial charge on any atom is -0.272 e. The molecule has 0 amide bonds. The third-order valence-electron chi connectivity index (χ3n) is 10.3. The van der Waals surface area contributed by atoms with Crippen molar-refractivity contribution in [3.05, 3.63) is 24.5 Å². The van der Waals surface area contributed by atoms with Crippen LogP contribution in [0.1, 0.15) is 133 Å². The summed E-state index contributed by atoms with van der Waals surface area (Å²) in [6.07, 6.45) is 19.6. The summed E-state index contributed by atoms with van der Waals surface area (Å²) in [5.41, 5.74) is 1.78. The Kier molecular flexibility index (Phi) is 14.1. The highest BCUT2D eigenvalue weighted by Crippen LogP contribution is 2.63. The van der Waals surface area contributed by atoms with Crippen LogP contribution in [0.4, 0.5) is 0 Å². The standard InChI is InChI=1S/C22H38.C7H10N2.2C2H6.CH4/c1-14-5-7-18-17(11-14)6-8-20-19(18)9-10-22(4)13-16(3)15(2)12-21(20)22;1-3-7-5-8-9(4-2)6-7;2*1-2;/h14-21H,5-13H2,1-4H3;3,5-6H,1,4H2,2H3;2*1-2H3;1H4. The van der Waals surface area contributed by atoms with Crippen LogP contribution in [-0.2, 0) is 6.54 Å². The smallest absolute Gasteiger partial charge is 0.0562 e. The van der Waals surface area contributed by atoms with Crippen LogP contribution in [0.3, 0.4) is 0 Å². The number of aromatic nitrogens is 2. The molecule has 4 aliphatic carbocycles. The van der Waals surface area contributed by atoms with E-state index in [-0.39, 0.29) is 7.43 Å². The molecule has 2 heteroatoms. The van der Waals surface area contributed by atoms with E-state index in [1.807, 2.05) is 38.6 Å². The maximum absolute atomic E-state index is 4.05. The third-order valence-corrected chi connectivity index (χ3v) is 10.3. The molecule has 0 N–H and O–H groups in total. The van der Waals surface area contributed by atoms with Crippen LogP contribution < -0.4 is 0 Å². The minimum absolute atomic E-state index is 0. The van der Waals surface area contributed by atoms with Crippen LogP contribution in [0.15, 0.2) is 19.0 Å². The first-order valence-electron chi connectivity index (χ1n) is 15.5. The van der Waals surface area contributed by atoms with Crippen molar-refractivity contribution in [1.29, 1.82) is 0 Å². The van der Waals surface area contributed by atoms with E-state index in [4.69, 9.17) is 0 Å². The number of nitrogens with zero attached hydrogens (tertiary/aromatic N) is 2. The Balaban J connectivity index is 0.000000392. The zero-order valence-corrected chi connectivity index (χ0v) is 25.0. The van der Waals surface area contributed by atoms with Crippen molar-refractivity contribution in [2.45, 2.75) is 134 Å². The maximum Gasteiger partial charge on any atom is 0.0562 e. The third kappa shape index (κ3) is 7.50. The van der Waals surface area contributed by atoms with E-state index >= 15 is 0 Å². The summed E-state index contributed by atoms with van der Waals surface area (Å²) in [5.74, 6) is 8.46. The predicted molar refractivity (Wildman–Crippen MR) is 162 cm³/mol. The lowest BCUT2D eigenvalue weighted by atomic mass is 9.45. The highest BCUT2D eigenvalue weighted by molar-refractivity contribution is 5.43. The molecule has 1 heterocycles. The fourth-order valence-electron chi connectivity index (χ4n) is 8.42. The molecule has 0 bridgehead atoms. The summed E-state index contributed by atoms with van der Waals surface area (Å²) in [7, 11) is 0. The highest BCUT2D eigenvalue weighted by atomic mass is 15.3. The Labute approximate surface area is 227 Å². The van der Waals surface area contributed by atoms with Gasteiger partial charge in [-0.05, 0) is 111 Å². The Morgan fingerprint density at radius 1 is 0.944 bits per heavy atom. The molecule has 0 saturated heterocycles. The first-order chi connectivity index (χ1) is 16.8. The van der Waals surface area contributed by atoms with Gasteiger partial charge >= 0.3 is 0 Å². The fraction of sp³-hybridized carbons (Fsp3) is 0.853. The van der Waals surface area contributed by atoms with E-state index in [0.717, 1.165) is 59.5 Å². The van der Waals surface area contributed by atoms with Gasteiger partial charge in [0.05, 0.1) is 6.20 Å². The van der Waals surface area contributed by atoms with Crippen molar-refractivity contribution in [3.8, 4) is 0 Å². The summed E-state index contributed by atoms with van der Waals surface area (Å²) in [5, 5.41) is 4.05. The second kappa shape index (κ2) is 15.4. The second-order valence-corrected chi connectivity index (χ2v) is 12.3. The van der Waals surface area contributed by atoms with Crippen molar-refractivity contribution in [1.82, 2.24) is 9.78 Å². The Morgan fingerprint density at radius 2 is 1.61 bits per heavy atom. The number of hydrogen-bond acceptors (Lipinski definition) is 1. The molecule has 5 rings (SSSR count). The Bertz CT molecular complexity index is 735. The fourth-order valence-corrected chi connectivity index (χ4v) is 8.42. The van der Waals surface area contributed by atoms with E-state index in [9.17, 15) is 0 Å². The Hall–Kier alpha value is -1.05. The van der Waals surface area contributed by atoms with E-state index in [1.165, 1.54) is 12.8 Å². The quantitative estimate of drug-likeness (QED) is 0.395. The monoisotopic (exact) mass is 501 g/mol. The molecule has 0 aromatic carbocycles. The zero-order chi connectivity index (χ0) is 26.2. The molecule has 9 unspecified atom stereocenters. The Morgan fingerprint density at radius 3 is 2.19 bits per heavy atom. The summed E-state index contributed by atoms with van der Waals surface area (Å²) < 4.78 is 1.87. The average Bonchev–Trinajstić information content (AvgIpc) is 3.36. The first-order valence-corrected chi connectivity index (χ1v) is 15.5. The van der Waals surface area contributed by atoms with Gasteiger partial charge < -0.3 is 0 Å². The van der Waals surface area contributed by atoms with Gasteiger partial charge in [0.15, 0.2) is 0 Å². The van der Waals surface area contributed by atoms with Crippen molar-refractivity contribution in [2.75, 3.05) is 0 Å². The van der Waals surface area contributed by atoms with Crippen LogP contribution in [0.25, 0.3) is 6.08 Å². The van der Waals surface area contributed by atoms with Gasteiger partial charge in [-0.15, -0.1) is 0 Å². The van der Waals surface area contributed by atoms with Crippen LogP contribution in [0.2, 0.25) is 0 Å². The minimum atomic E-state index is 0. The van der Waals surface area contributed by atoms with E-state index < -0.39 is 0 Å². The topological polar surface area (TPSA) is 17.8 Å². The van der Waals surface area contributed by atoms with Gasteiger partial charge in [0, 0.05) is 18.3 Å². The molecule has 1 aromatic rings. The number of fused-ring (bicyclic) bond motifs is 5. The molecule has 36 heavy (non-hydrogen) atoms. The molecular formula is C34H64N2. The van der Waals surface area contributed by atoms with Gasteiger partial charge in [0.2, 0.25) is 0 Å². The van der Waals surface area contributed by atoms with Gasteiger partial charge in [-0.3, -0.25) is 4.68 Å². The van der Waals surface area contributed by atoms with Crippen LogP contribution in [0, 0.1) is 52.8 Å². The van der Waals surface area contributed by atoms with Gasteiger partial charge in [-0.2, -0.15) is 5.10 Å². The SMILES string of the molecule is C.C=Cc1cnn(CC)c1.CC.CC.CC1CCC2C(CCC3C2CCC2(C)CC(C)C(C)CC32)C1. The van der Waals surface area contributed by atoms with Crippen molar-refractivity contribution < 1.29 is 0 Å². The molecule has 4 aliphatic rings. The maximum atomic E-state index is 4.05. The molecular weight excluding hydrogens is 436 g/mol. The van der Waals surface area contributed by atoms with Gasteiger partial charge in [-0.25, -0.2) is 0 Å². The van der Waals surface area contributed by atoms with E-state index in [0.29, 0.717) is 5.41 Å². The van der Waals surface area contributed by atoms with Crippen molar-refractivity contribution in [3.63, 3.8) is 0 Å². The average molecular weight is 501 g/mol. The highest BCUT2D eigenvalue weighted by Gasteiger charge is 2.54. The number of hydrogen-bond donors (Lipinski definition) is 0. The van der Waals surface area contributed by atoms with E-state index in [1.54, 1.807) is 57.2 Å². The molecule has 4 saturated carbocycles. The van der Waals surface area contributed by atoms with Crippen LogP contribution in [-0.4, -0.2) is 9.78 Å². The van der Waals surface area contributed by atoms with Gasteiger partial charge in [0.25, 0.3) is 0 Å². The first kappa shape index (κ1) is 33.0. The summed E-state index contributed by atoms with van der Waals surface area (Å²) in [6.45, 7) is 24.9. The summed E-state index contributed by atoms with van der Waals surface area (Å²) in [6, 6.07) is 0. The molecule has 4 fully saturated rings. The molecule has 2 nitrogen and oxygen atoms in total.